The quantitative estimate of drug-likeness (QED) is 0.364. The fraction of sp³-hybridized carbons (Fsp3) is 0. The Morgan fingerprint density at radius 3 is 1.46 bits per heavy atom. The summed E-state index contributed by atoms with van der Waals surface area (Å²) >= 11 is 0. The summed E-state index contributed by atoms with van der Waals surface area (Å²) in [5.74, 6) is 0. The number of rotatable bonds is 0. The Balaban J connectivity index is -0.0000000453. The largest absolute Gasteiger partial charge is 6.00 e. The van der Waals surface area contributed by atoms with E-state index < -0.39 is 0 Å². The van der Waals surface area contributed by atoms with E-state index >= 15 is 0 Å². The molecule has 1 rings (SSSR count). The van der Waals surface area contributed by atoms with Crippen molar-refractivity contribution in [3.05, 3.63) is 63.2 Å². The molecule has 1 aromatic carbocycles. The molecule has 13 heavy (non-hydrogen) atoms. The van der Waals surface area contributed by atoms with Crippen LogP contribution in [0.4, 0.5) is 0 Å². The van der Waals surface area contributed by atoms with Crippen LogP contribution in [0.5, 0.6) is 0 Å². The van der Waals surface area contributed by atoms with Crippen LogP contribution in [0.3, 0.4) is 0 Å². The summed E-state index contributed by atoms with van der Waals surface area (Å²) in [6.07, 6.45) is 1.50. The van der Waals surface area contributed by atoms with Gasteiger partial charge >= 0.3 is 39.7 Å². The molecule has 0 atom stereocenters. The maximum atomic E-state index is 7.50. The summed E-state index contributed by atoms with van der Waals surface area (Å²) in [6.45, 7) is 15.5. The van der Waals surface area contributed by atoms with Gasteiger partial charge in [0, 0.05) is 0 Å². The molecule has 3 heteroatoms. The van der Waals surface area contributed by atoms with Gasteiger partial charge in [-0.15, -0.1) is 0 Å². The zero-order valence-corrected chi connectivity index (χ0v) is 8.15. The molecular weight excluding hydrogens is 208 g/mol. The van der Waals surface area contributed by atoms with Gasteiger partial charge in [-0.2, -0.15) is 18.2 Å². The van der Waals surface area contributed by atoms with Gasteiger partial charge in [0.2, 0.25) is 0 Å². The topological polar surface area (TPSA) is 39.8 Å². The van der Waals surface area contributed by atoms with E-state index in [1.54, 1.807) is 0 Å². The molecule has 66 valence electrons. The fourth-order valence-corrected chi connectivity index (χ4v) is 0.321. The van der Waals surface area contributed by atoms with Crippen molar-refractivity contribution in [1.29, 1.82) is 0 Å². The van der Waals surface area contributed by atoms with E-state index in [9.17, 15) is 0 Å². The molecule has 0 bridgehead atoms. The summed E-state index contributed by atoms with van der Waals surface area (Å²) in [4.78, 5) is 0. The molecule has 1 aromatic rings. The first-order valence-corrected chi connectivity index (χ1v) is 2.89. The number of hydrogen-bond donors (Lipinski definition) is 0. The number of hydrogen-bond acceptors (Lipinski definition) is 0. The first-order chi connectivity index (χ1) is 5.91. The van der Waals surface area contributed by atoms with E-state index in [1.807, 2.05) is 30.3 Å². The zero-order chi connectivity index (χ0) is 10.2. The molecule has 0 spiro atoms. The Morgan fingerprint density at radius 1 is 1.15 bits per heavy atom. The molecule has 0 aliphatic carbocycles. The van der Waals surface area contributed by atoms with Crippen LogP contribution < -0.4 is 0 Å². The third-order valence-electron chi connectivity index (χ3n) is 0.556. The Bertz CT molecular complexity index is 152. The minimum Gasteiger partial charge on any atom is -0.214 e. The fourth-order valence-electron chi connectivity index (χ4n) is 0.321. The van der Waals surface area contributed by atoms with Crippen LogP contribution in [0.2, 0.25) is 0 Å². The average molecular weight is 218 g/mol. The van der Waals surface area contributed by atoms with Crippen molar-refractivity contribution in [3.63, 3.8) is 0 Å². The maximum absolute atomic E-state index is 7.50. The van der Waals surface area contributed by atoms with Crippen molar-refractivity contribution in [2.75, 3.05) is 0 Å². The molecule has 0 saturated heterocycles. The van der Waals surface area contributed by atoms with Crippen LogP contribution in [-0.2, 0) is 26.4 Å². The molecule has 0 aliphatic rings. The maximum Gasteiger partial charge on any atom is 6.00 e. The Morgan fingerprint density at radius 2 is 1.38 bits per heavy atom. The molecule has 0 fully saturated rings. The van der Waals surface area contributed by atoms with E-state index in [-0.39, 0.29) is 17.1 Å². The Kier molecular flexibility index (Phi) is 77.1. The molecule has 0 radical (unpaired) electrons. The predicted molar refractivity (Wildman–Crippen MR) is 45.4 cm³/mol. The molecule has 0 heterocycles. The van der Waals surface area contributed by atoms with E-state index in [1.165, 1.54) is 6.08 Å². The standard InChI is InChI=1S/C5H5.C3H5.2CO.Fe/c1-2-4-5-3-1;1-3-2;2*1-2;/h1-5H;3H,1-2H2;;;/q2*-1;;;+6. The smallest absolute Gasteiger partial charge is 0.214 e. The van der Waals surface area contributed by atoms with Crippen molar-refractivity contribution in [2.24, 2.45) is 0 Å². The minimum atomic E-state index is 0. The minimum absolute atomic E-state index is 0. The second-order valence-electron chi connectivity index (χ2n) is 1.25. The van der Waals surface area contributed by atoms with Crippen LogP contribution >= 0.6 is 0 Å². The van der Waals surface area contributed by atoms with Gasteiger partial charge in [0.25, 0.3) is 0 Å². The monoisotopic (exact) mass is 218 g/mol. The van der Waals surface area contributed by atoms with Crippen molar-refractivity contribution in [2.45, 2.75) is 0 Å². The van der Waals surface area contributed by atoms with Crippen molar-refractivity contribution >= 4 is 0 Å². The summed E-state index contributed by atoms with van der Waals surface area (Å²) in [6, 6.07) is 10.0. The second kappa shape index (κ2) is 44.2. The van der Waals surface area contributed by atoms with Crippen LogP contribution in [0.15, 0.2) is 43.0 Å². The molecule has 0 N–H and O–H groups in total. The van der Waals surface area contributed by atoms with Crippen LogP contribution in [0.25, 0.3) is 0 Å². The van der Waals surface area contributed by atoms with Crippen molar-refractivity contribution < 1.29 is 26.4 Å². The first kappa shape index (κ1) is 22.7. The van der Waals surface area contributed by atoms with E-state index in [0.29, 0.717) is 0 Å². The molecule has 2 nitrogen and oxygen atoms in total. The van der Waals surface area contributed by atoms with E-state index in [0.717, 1.165) is 0 Å². The van der Waals surface area contributed by atoms with Crippen molar-refractivity contribution in [1.82, 2.24) is 0 Å². The van der Waals surface area contributed by atoms with Gasteiger partial charge in [0.1, 0.15) is 0 Å². The summed E-state index contributed by atoms with van der Waals surface area (Å²) in [5, 5.41) is 0. The molecule has 0 aromatic heterocycles. The summed E-state index contributed by atoms with van der Waals surface area (Å²) in [5.41, 5.74) is 0. The van der Waals surface area contributed by atoms with E-state index in [2.05, 4.69) is 26.8 Å². The van der Waals surface area contributed by atoms with Gasteiger partial charge < -0.3 is 0 Å². The van der Waals surface area contributed by atoms with Gasteiger partial charge in [-0.3, -0.25) is 0 Å². The van der Waals surface area contributed by atoms with Gasteiger partial charge in [-0.1, -0.05) is 0 Å². The first-order valence-electron chi connectivity index (χ1n) is 2.89. The van der Waals surface area contributed by atoms with Crippen LogP contribution in [-0.4, -0.2) is 0 Å². The van der Waals surface area contributed by atoms with Gasteiger partial charge in [0.15, 0.2) is 0 Å². The second-order valence-corrected chi connectivity index (χ2v) is 1.25. The zero-order valence-electron chi connectivity index (χ0n) is 7.05. The van der Waals surface area contributed by atoms with Crippen LogP contribution in [0.1, 0.15) is 0 Å². The molecule has 0 unspecified atom stereocenters. The third-order valence-corrected chi connectivity index (χ3v) is 0.556. The molecular formula is C10H10FeO2+4. The molecule has 0 saturated carbocycles. The van der Waals surface area contributed by atoms with Crippen LogP contribution in [0, 0.1) is 20.2 Å². The SMILES string of the molecule is C=C[CH2-].[C-]#[O+].[C-]#[O+].[Fe+6].c1cc[cH-]c1. The predicted octanol–water partition coefficient (Wildman–Crippen LogP) is 2.33. The van der Waals surface area contributed by atoms with Gasteiger partial charge in [-0.25, -0.2) is 31.7 Å². The Hall–Kier alpha value is -1.04. The third kappa shape index (κ3) is 56.1. The normalized spacial score (nSPS) is 4.31. The summed E-state index contributed by atoms with van der Waals surface area (Å²) < 4.78 is 15.0. The van der Waals surface area contributed by atoms with E-state index in [4.69, 9.17) is 9.30 Å². The summed E-state index contributed by atoms with van der Waals surface area (Å²) in [7, 11) is 0. The van der Waals surface area contributed by atoms with Crippen molar-refractivity contribution in [3.8, 4) is 0 Å². The number of allylic oxidation sites excluding steroid dienone is 1. The molecule has 0 aliphatic heterocycles. The molecule has 0 amide bonds. The van der Waals surface area contributed by atoms with Gasteiger partial charge in [0.05, 0.1) is 0 Å². The average Bonchev–Trinajstić information content (AvgIpc) is 2.69. The Labute approximate surface area is 89.9 Å². The van der Waals surface area contributed by atoms with Gasteiger partial charge in [-0.05, 0) is 0 Å².